The van der Waals surface area contributed by atoms with Crippen molar-refractivity contribution < 1.29 is 9.53 Å². The molecule has 0 heterocycles. The molecule has 0 aliphatic heterocycles. The maximum absolute atomic E-state index is 12.0. The van der Waals surface area contributed by atoms with Crippen LogP contribution in [0.2, 0.25) is 5.02 Å². The van der Waals surface area contributed by atoms with E-state index in [-0.39, 0.29) is 11.9 Å². The standard InChI is InChI=1S/C14H21ClN2O2/c1-4-11(5-2)17-14(18)9(3)19-13-8-10(16)6-7-12(13)15/h6-9,11H,4-5,16H2,1-3H3,(H,17,18). The molecule has 1 aromatic carbocycles. The molecule has 3 N–H and O–H groups in total. The summed E-state index contributed by atoms with van der Waals surface area (Å²) < 4.78 is 5.55. The van der Waals surface area contributed by atoms with Gasteiger partial charge in [-0.25, -0.2) is 0 Å². The number of anilines is 1. The first-order chi connectivity index (χ1) is 8.97. The number of rotatable bonds is 6. The van der Waals surface area contributed by atoms with Gasteiger partial charge < -0.3 is 15.8 Å². The van der Waals surface area contributed by atoms with Crippen LogP contribution in [-0.2, 0) is 4.79 Å². The van der Waals surface area contributed by atoms with Gasteiger partial charge in [0, 0.05) is 17.8 Å². The Bertz CT molecular complexity index is 433. The molecule has 5 heteroatoms. The van der Waals surface area contributed by atoms with Crippen molar-refractivity contribution in [2.75, 3.05) is 5.73 Å². The Labute approximate surface area is 119 Å². The lowest BCUT2D eigenvalue weighted by molar-refractivity contribution is -0.128. The molecule has 0 spiro atoms. The molecule has 0 fully saturated rings. The van der Waals surface area contributed by atoms with Crippen molar-refractivity contribution in [1.29, 1.82) is 0 Å². The molecule has 0 bridgehead atoms. The lowest BCUT2D eigenvalue weighted by Gasteiger charge is -2.20. The predicted molar refractivity (Wildman–Crippen MR) is 78.5 cm³/mol. The Hall–Kier alpha value is -1.42. The molecular formula is C14H21ClN2O2. The molecule has 0 aliphatic rings. The van der Waals surface area contributed by atoms with Gasteiger partial charge in [-0.3, -0.25) is 4.79 Å². The number of ether oxygens (including phenoxy) is 1. The zero-order valence-electron chi connectivity index (χ0n) is 11.6. The van der Waals surface area contributed by atoms with Crippen molar-refractivity contribution in [3.63, 3.8) is 0 Å². The molecular weight excluding hydrogens is 264 g/mol. The first-order valence-corrected chi connectivity index (χ1v) is 6.87. The molecule has 1 rings (SSSR count). The normalized spacial score (nSPS) is 12.3. The number of hydrogen-bond acceptors (Lipinski definition) is 3. The number of carbonyl (C=O) groups is 1. The number of halogens is 1. The summed E-state index contributed by atoms with van der Waals surface area (Å²) in [5, 5.41) is 3.37. The fourth-order valence-electron chi connectivity index (χ4n) is 1.67. The summed E-state index contributed by atoms with van der Waals surface area (Å²) in [6.45, 7) is 5.76. The second-order valence-corrected chi connectivity index (χ2v) is 4.88. The summed E-state index contributed by atoms with van der Waals surface area (Å²) in [7, 11) is 0. The van der Waals surface area contributed by atoms with Crippen LogP contribution >= 0.6 is 11.6 Å². The smallest absolute Gasteiger partial charge is 0.260 e. The molecule has 19 heavy (non-hydrogen) atoms. The van der Waals surface area contributed by atoms with Gasteiger partial charge in [-0.05, 0) is 31.9 Å². The lowest BCUT2D eigenvalue weighted by Crippen LogP contribution is -2.42. The minimum atomic E-state index is -0.611. The van der Waals surface area contributed by atoms with E-state index in [4.69, 9.17) is 22.1 Å². The van der Waals surface area contributed by atoms with Crippen LogP contribution < -0.4 is 15.8 Å². The third-order valence-electron chi connectivity index (χ3n) is 2.96. The van der Waals surface area contributed by atoms with Gasteiger partial charge in [-0.15, -0.1) is 0 Å². The molecule has 0 radical (unpaired) electrons. The summed E-state index contributed by atoms with van der Waals surface area (Å²) in [5.41, 5.74) is 6.21. The van der Waals surface area contributed by atoms with E-state index in [0.717, 1.165) is 12.8 Å². The van der Waals surface area contributed by atoms with Crippen molar-refractivity contribution in [1.82, 2.24) is 5.32 Å². The van der Waals surface area contributed by atoms with Gasteiger partial charge >= 0.3 is 0 Å². The van der Waals surface area contributed by atoms with E-state index >= 15 is 0 Å². The molecule has 0 aliphatic carbocycles. The number of carbonyl (C=O) groups excluding carboxylic acids is 1. The Morgan fingerprint density at radius 1 is 1.42 bits per heavy atom. The summed E-state index contributed by atoms with van der Waals surface area (Å²) in [5.74, 6) is 0.279. The van der Waals surface area contributed by atoms with Crippen LogP contribution in [0.15, 0.2) is 18.2 Å². The average molecular weight is 285 g/mol. The Morgan fingerprint density at radius 3 is 2.63 bits per heavy atom. The number of hydrogen-bond donors (Lipinski definition) is 2. The molecule has 1 aromatic rings. The van der Waals surface area contributed by atoms with Gasteiger partial charge in [0.15, 0.2) is 6.10 Å². The minimum absolute atomic E-state index is 0.146. The summed E-state index contributed by atoms with van der Waals surface area (Å²) in [4.78, 5) is 12.0. The van der Waals surface area contributed by atoms with Gasteiger partial charge in [-0.2, -0.15) is 0 Å². The molecule has 4 nitrogen and oxygen atoms in total. The number of amides is 1. The molecule has 106 valence electrons. The number of nitrogens with two attached hydrogens (primary N) is 1. The topological polar surface area (TPSA) is 64.3 Å². The van der Waals surface area contributed by atoms with Gasteiger partial charge in [-0.1, -0.05) is 25.4 Å². The van der Waals surface area contributed by atoms with E-state index in [9.17, 15) is 4.79 Å². The van der Waals surface area contributed by atoms with E-state index in [1.165, 1.54) is 0 Å². The fraction of sp³-hybridized carbons (Fsp3) is 0.500. The van der Waals surface area contributed by atoms with Crippen molar-refractivity contribution >= 4 is 23.2 Å². The minimum Gasteiger partial charge on any atom is -0.479 e. The summed E-state index contributed by atoms with van der Waals surface area (Å²) in [6, 6.07) is 5.13. The second kappa shape index (κ2) is 7.24. The van der Waals surface area contributed by atoms with E-state index in [2.05, 4.69) is 5.32 Å². The van der Waals surface area contributed by atoms with Crippen molar-refractivity contribution in [2.45, 2.75) is 45.8 Å². The van der Waals surface area contributed by atoms with Crippen LogP contribution in [0.5, 0.6) is 5.75 Å². The maximum atomic E-state index is 12.0. The van der Waals surface area contributed by atoms with Crippen LogP contribution in [0.3, 0.4) is 0 Å². The first kappa shape index (κ1) is 15.6. The van der Waals surface area contributed by atoms with E-state index < -0.39 is 6.10 Å². The van der Waals surface area contributed by atoms with Gasteiger partial charge in [0.05, 0.1) is 5.02 Å². The van der Waals surface area contributed by atoms with Crippen LogP contribution in [0.4, 0.5) is 5.69 Å². The van der Waals surface area contributed by atoms with Crippen LogP contribution in [0.25, 0.3) is 0 Å². The number of benzene rings is 1. The third-order valence-corrected chi connectivity index (χ3v) is 3.27. The highest BCUT2D eigenvalue weighted by molar-refractivity contribution is 6.32. The lowest BCUT2D eigenvalue weighted by atomic mass is 10.1. The van der Waals surface area contributed by atoms with Crippen LogP contribution in [0.1, 0.15) is 33.6 Å². The third kappa shape index (κ3) is 4.63. The Balaban J connectivity index is 2.65. The van der Waals surface area contributed by atoms with Crippen LogP contribution in [-0.4, -0.2) is 18.1 Å². The Kier molecular flexibility index (Phi) is 5.96. The second-order valence-electron chi connectivity index (χ2n) is 4.47. The molecule has 0 saturated carbocycles. The predicted octanol–water partition coefficient (Wildman–Crippen LogP) is 2.99. The van der Waals surface area contributed by atoms with Gasteiger partial charge in [0.2, 0.25) is 0 Å². The quantitative estimate of drug-likeness (QED) is 0.789. The highest BCUT2D eigenvalue weighted by Crippen LogP contribution is 2.27. The molecule has 0 aromatic heterocycles. The zero-order valence-corrected chi connectivity index (χ0v) is 12.3. The highest BCUT2D eigenvalue weighted by Gasteiger charge is 2.18. The fourth-order valence-corrected chi connectivity index (χ4v) is 1.83. The van der Waals surface area contributed by atoms with Crippen molar-refractivity contribution in [2.24, 2.45) is 0 Å². The van der Waals surface area contributed by atoms with E-state index in [1.54, 1.807) is 25.1 Å². The van der Waals surface area contributed by atoms with Crippen molar-refractivity contribution in [3.8, 4) is 5.75 Å². The van der Waals surface area contributed by atoms with E-state index in [1.807, 2.05) is 13.8 Å². The Morgan fingerprint density at radius 2 is 2.05 bits per heavy atom. The molecule has 1 atom stereocenters. The summed E-state index contributed by atoms with van der Waals surface area (Å²) >= 11 is 5.99. The SMILES string of the molecule is CCC(CC)NC(=O)C(C)Oc1cc(N)ccc1Cl. The highest BCUT2D eigenvalue weighted by atomic mass is 35.5. The molecule has 1 unspecified atom stereocenters. The van der Waals surface area contributed by atoms with Gasteiger partial charge in [0.1, 0.15) is 5.75 Å². The molecule has 1 amide bonds. The zero-order chi connectivity index (χ0) is 14.4. The van der Waals surface area contributed by atoms with E-state index in [0.29, 0.717) is 16.5 Å². The van der Waals surface area contributed by atoms with Gasteiger partial charge in [0.25, 0.3) is 5.91 Å². The average Bonchev–Trinajstić information content (AvgIpc) is 2.39. The summed E-state index contributed by atoms with van der Waals surface area (Å²) in [6.07, 6.45) is 1.18. The van der Waals surface area contributed by atoms with Crippen LogP contribution in [0, 0.1) is 0 Å². The first-order valence-electron chi connectivity index (χ1n) is 6.50. The number of nitrogens with one attached hydrogen (secondary N) is 1. The van der Waals surface area contributed by atoms with Crippen molar-refractivity contribution in [3.05, 3.63) is 23.2 Å². The monoisotopic (exact) mass is 284 g/mol. The number of nitrogen functional groups attached to an aromatic ring is 1. The molecule has 0 saturated heterocycles. The largest absolute Gasteiger partial charge is 0.479 e. The maximum Gasteiger partial charge on any atom is 0.260 e.